The van der Waals surface area contributed by atoms with Crippen LogP contribution >= 0.6 is 0 Å². The summed E-state index contributed by atoms with van der Waals surface area (Å²) in [4.78, 5) is 194. The number of carbonyl (C=O) groups excluding carboxylic acids is 12. The highest BCUT2D eigenvalue weighted by Gasteiger charge is 2.56. The van der Waals surface area contributed by atoms with E-state index in [1.54, 1.807) is 13.8 Å². The Hall–Kier alpha value is -7.00. The maximum Gasteiger partial charge on any atom is 0.397 e. The minimum absolute atomic E-state index is 0.00779. The predicted octanol–water partition coefficient (Wildman–Crippen LogP) is 6.74. The molecule has 1 spiro atoms. The average molecular weight is 1600 g/mol. The van der Waals surface area contributed by atoms with Crippen LogP contribution in [-0.2, 0) is 67.0 Å². The third kappa shape index (κ3) is 22.1. The number of nitrogens with one attached hydrogen (secondary N) is 3. The molecule has 112 heavy (non-hydrogen) atoms. The van der Waals surface area contributed by atoms with Gasteiger partial charge in [0.15, 0.2) is 0 Å². The van der Waals surface area contributed by atoms with Gasteiger partial charge in [-0.3, -0.25) is 57.5 Å². The lowest BCUT2D eigenvalue weighted by molar-refractivity contribution is -0.219. The SMILES string of the molecule is CCCO[C@@H]1C[C@H]2C(=O)NC3(CCC3)C(=O)N(C)[C@@H](C3CCCC3)C(=O)N(C)[C@H](C(=O)N3CCOCC3)CC(=O)N(C)[C@@H](CC(C)C)C(=O)N[C@@H]([C@@H](C)CC)C(=O)N(C)CC(=O)N(C)[C@H]3CCCCCN(C3=O)[C@@H](CC3CCC(C(F)(F)F)CC3)C(=O)N(C)CC(=O)N[C@@H](CCC3CC(F)C(C(F)(F)F)C(F)C3)C(=O)N2C1. The molecule has 8 fully saturated rings. The van der Waals surface area contributed by atoms with Crippen molar-refractivity contribution in [2.75, 3.05) is 101 Å². The van der Waals surface area contributed by atoms with Gasteiger partial charge in [0.05, 0.1) is 44.7 Å². The highest BCUT2D eigenvalue weighted by Crippen LogP contribution is 2.46. The van der Waals surface area contributed by atoms with Crippen LogP contribution in [-0.4, -0.2) is 301 Å². The first-order valence-electron chi connectivity index (χ1n) is 40.7. The summed E-state index contributed by atoms with van der Waals surface area (Å²) in [7, 11) is 8.13. The molecule has 4 aliphatic heterocycles. The van der Waals surface area contributed by atoms with Crippen LogP contribution in [0.5, 0.6) is 0 Å². The second-order valence-corrected chi connectivity index (χ2v) is 33.6. The third-order valence-electron chi connectivity index (χ3n) is 25.3. The van der Waals surface area contributed by atoms with Crippen molar-refractivity contribution in [3.05, 3.63) is 0 Å². The molecule has 0 aromatic rings. The molecule has 0 aromatic heterocycles. The molecule has 634 valence electrons. The Morgan fingerprint density at radius 1 is 0.598 bits per heavy atom. The number of hydrogen-bond acceptors (Lipinski definition) is 14. The number of ether oxygens (including phenoxy) is 2. The normalized spacial score (nSPS) is 32.0. The summed E-state index contributed by atoms with van der Waals surface area (Å²) in [5.41, 5.74) is -1.70. The molecule has 12 amide bonds. The number of rotatable bonds is 14. The van der Waals surface area contributed by atoms with E-state index in [9.17, 15) is 40.7 Å². The van der Waals surface area contributed by atoms with Crippen molar-refractivity contribution < 1.29 is 102 Å². The number of amides is 12. The smallest absolute Gasteiger partial charge is 0.378 e. The maximum absolute atomic E-state index is 15.8. The van der Waals surface area contributed by atoms with E-state index in [1.807, 2.05) is 20.8 Å². The largest absolute Gasteiger partial charge is 0.397 e. The molecule has 4 aliphatic carbocycles. The fraction of sp³-hybridized carbons (Fsp3) is 0.846. The van der Waals surface area contributed by atoms with Crippen LogP contribution in [0.15, 0.2) is 0 Å². The summed E-state index contributed by atoms with van der Waals surface area (Å²) in [6.07, 6.45) is -14.7. The predicted molar refractivity (Wildman–Crippen MR) is 395 cm³/mol. The van der Waals surface area contributed by atoms with Crippen LogP contribution in [0.3, 0.4) is 0 Å². The van der Waals surface area contributed by atoms with Gasteiger partial charge in [-0.15, -0.1) is 0 Å². The maximum atomic E-state index is 15.8. The zero-order chi connectivity index (χ0) is 82.6. The van der Waals surface area contributed by atoms with Crippen LogP contribution in [0.25, 0.3) is 0 Å². The van der Waals surface area contributed by atoms with E-state index in [0.717, 1.165) is 19.6 Å². The van der Waals surface area contributed by atoms with E-state index in [0.29, 0.717) is 64.2 Å². The van der Waals surface area contributed by atoms with E-state index < -0.39 is 230 Å². The van der Waals surface area contributed by atoms with Crippen molar-refractivity contribution in [1.82, 2.24) is 60.0 Å². The van der Waals surface area contributed by atoms with Crippen molar-refractivity contribution in [2.45, 2.75) is 280 Å². The van der Waals surface area contributed by atoms with E-state index in [1.165, 1.54) is 66.8 Å². The van der Waals surface area contributed by atoms with Crippen LogP contribution in [0.2, 0.25) is 0 Å². The molecule has 12 atom stereocenters. The summed E-state index contributed by atoms with van der Waals surface area (Å²) in [6, 6.07) is -11.3. The van der Waals surface area contributed by atoms with Gasteiger partial charge >= 0.3 is 12.4 Å². The Bertz CT molecular complexity index is 3280. The van der Waals surface area contributed by atoms with Gasteiger partial charge in [-0.1, -0.05) is 66.7 Å². The molecule has 0 radical (unpaired) electrons. The van der Waals surface area contributed by atoms with Gasteiger partial charge < -0.3 is 69.5 Å². The number of carbonyl (C=O) groups is 12. The highest BCUT2D eigenvalue weighted by molar-refractivity contribution is 6.01. The van der Waals surface area contributed by atoms with E-state index in [2.05, 4.69) is 16.0 Å². The molecule has 2 bridgehead atoms. The quantitative estimate of drug-likeness (QED) is 0.152. The molecule has 8 aliphatic rings. The van der Waals surface area contributed by atoms with Gasteiger partial charge in [-0.25, -0.2) is 8.78 Å². The minimum Gasteiger partial charge on any atom is -0.378 e. The first-order valence-corrected chi connectivity index (χ1v) is 40.7. The molecule has 4 heterocycles. The second kappa shape index (κ2) is 39.6. The van der Waals surface area contributed by atoms with Crippen molar-refractivity contribution >= 4 is 70.9 Å². The zero-order valence-corrected chi connectivity index (χ0v) is 67.2. The number of likely N-dealkylation sites (N-methyl/N-ethyl adjacent to an activating group) is 6. The summed E-state index contributed by atoms with van der Waals surface area (Å²) in [5.74, 6) is -16.8. The Labute approximate surface area is 653 Å². The second-order valence-electron chi connectivity index (χ2n) is 33.6. The molecule has 8 rings (SSSR count). The first-order chi connectivity index (χ1) is 52.7. The van der Waals surface area contributed by atoms with Gasteiger partial charge in [0.1, 0.15) is 72.1 Å². The van der Waals surface area contributed by atoms with Crippen molar-refractivity contribution in [1.29, 1.82) is 0 Å². The summed E-state index contributed by atoms with van der Waals surface area (Å²) in [6.45, 7) is 7.78. The molecule has 34 heteroatoms. The number of fused-ring (bicyclic) bond motifs is 3. The molecule has 0 aromatic carbocycles. The van der Waals surface area contributed by atoms with Crippen molar-refractivity contribution in [2.24, 2.45) is 41.4 Å². The van der Waals surface area contributed by atoms with Crippen LogP contribution < -0.4 is 16.0 Å². The number of halogens is 8. The number of morpholine rings is 1. The lowest BCUT2D eigenvalue weighted by Gasteiger charge is -2.47. The third-order valence-corrected chi connectivity index (χ3v) is 25.3. The van der Waals surface area contributed by atoms with Gasteiger partial charge in [0, 0.05) is 81.5 Å². The number of nitrogens with zero attached hydrogens (tertiary/aromatic N) is 9. The fourth-order valence-electron chi connectivity index (χ4n) is 18.1. The first kappa shape index (κ1) is 90.5. The average Bonchev–Trinajstić information content (AvgIpc) is 1.39. The standard InChI is InChI=1S/C78H122F8N12O14/c1-12-34-112-52-41-58-68(103)89-76(29-19-30-76)75(110)95(11)66(50-20-16-17-21-50)74(109)94(10)59(71(106)96-32-35-111-36-33-96)42-62(100)93(9)57(37-46(3)4)67(102)88-65(47(5)13-2)73(108)91(7)45-63(101)92(8)56-22-15-14-18-31-97(72(56)107)60(40-48-23-26-51(27-24-48)77(81,82)83)70(105)90(6)44-61(99)87-55(69(104)98(58)43-52)28-25-49-38-53(79)64(54(80)39-49)78(84,85)86/h46-60,64-66H,12-45H2,1-11H3,(H,87,99)(H,88,102)(H,89,103)/t47-,48?,49?,51?,52+,53?,54?,55-,56-,57-,58-,59-,60-,64?,65-,66-/m0/s1. The summed E-state index contributed by atoms with van der Waals surface area (Å²) < 4.78 is 127. The molecular formula is C78H122F8N12O14. The lowest BCUT2D eigenvalue weighted by Crippen LogP contribution is -2.68. The lowest BCUT2D eigenvalue weighted by atomic mass is 9.74. The Kier molecular flexibility index (Phi) is 32.0. The molecule has 2 unspecified atom stereocenters. The summed E-state index contributed by atoms with van der Waals surface area (Å²) in [5, 5.41) is 8.50. The van der Waals surface area contributed by atoms with Gasteiger partial charge in [0.25, 0.3) is 0 Å². The Balaban J connectivity index is 1.21. The minimum atomic E-state index is -5.22. The van der Waals surface area contributed by atoms with Gasteiger partial charge in [-0.05, 0) is 145 Å². The van der Waals surface area contributed by atoms with E-state index in [-0.39, 0.29) is 123 Å². The fourth-order valence-corrected chi connectivity index (χ4v) is 18.1. The van der Waals surface area contributed by atoms with Crippen molar-refractivity contribution in [3.63, 3.8) is 0 Å². The Morgan fingerprint density at radius 3 is 1.80 bits per heavy atom. The molecule has 26 nitrogen and oxygen atoms in total. The van der Waals surface area contributed by atoms with Crippen molar-refractivity contribution in [3.8, 4) is 0 Å². The van der Waals surface area contributed by atoms with Crippen LogP contribution in [0.4, 0.5) is 35.1 Å². The van der Waals surface area contributed by atoms with Crippen LogP contribution in [0.1, 0.15) is 195 Å². The van der Waals surface area contributed by atoms with E-state index in [4.69, 9.17) is 9.47 Å². The molecule has 3 N–H and O–H groups in total. The Morgan fingerprint density at radius 2 is 1.22 bits per heavy atom. The molecular weight excluding hydrogens is 1480 g/mol. The van der Waals surface area contributed by atoms with Crippen LogP contribution in [0, 0.1) is 41.4 Å². The molecule has 4 saturated carbocycles. The topological polar surface area (TPSA) is 289 Å². The zero-order valence-electron chi connectivity index (χ0n) is 67.2. The number of alkyl halides is 8. The van der Waals surface area contributed by atoms with Gasteiger partial charge in [0.2, 0.25) is 70.9 Å². The summed E-state index contributed by atoms with van der Waals surface area (Å²) >= 11 is 0. The monoisotopic (exact) mass is 1600 g/mol. The van der Waals surface area contributed by atoms with Gasteiger partial charge in [-0.2, -0.15) is 26.3 Å². The molecule has 4 saturated heterocycles. The number of hydrogen-bond donors (Lipinski definition) is 3. The van der Waals surface area contributed by atoms with E-state index >= 15 is 51.9 Å². The highest BCUT2D eigenvalue weighted by atomic mass is 19.4.